The van der Waals surface area contributed by atoms with Crippen molar-refractivity contribution >= 4 is 44.8 Å². The van der Waals surface area contributed by atoms with Crippen molar-refractivity contribution in [3.63, 3.8) is 0 Å². The molecule has 3 rings (SSSR count). The molecule has 0 aromatic heterocycles. The molecule has 0 unspecified atom stereocenters. The Bertz CT molecular complexity index is 1020. The van der Waals surface area contributed by atoms with Gasteiger partial charge in [-0.25, -0.2) is 8.42 Å². The second-order valence-corrected chi connectivity index (χ2v) is 10.6. The Morgan fingerprint density at radius 2 is 1.67 bits per heavy atom. The summed E-state index contributed by atoms with van der Waals surface area (Å²) in [5.74, 6) is 0.482. The van der Waals surface area contributed by atoms with Crippen molar-refractivity contribution in [2.75, 3.05) is 23.9 Å². The first kappa shape index (κ1) is 22.9. The van der Waals surface area contributed by atoms with E-state index in [0.29, 0.717) is 30.6 Å². The third kappa shape index (κ3) is 4.61. The van der Waals surface area contributed by atoms with Gasteiger partial charge in [0, 0.05) is 19.6 Å². The fraction of sp³-hybridized carbons (Fsp3) is 0.409. The van der Waals surface area contributed by atoms with Crippen molar-refractivity contribution in [3.8, 4) is 0 Å². The predicted molar refractivity (Wildman–Crippen MR) is 122 cm³/mol. The van der Waals surface area contributed by atoms with E-state index in [-0.39, 0.29) is 33.0 Å². The lowest BCUT2D eigenvalue weighted by atomic mass is 9.91. The zero-order valence-corrected chi connectivity index (χ0v) is 19.6. The molecule has 0 saturated carbocycles. The average Bonchev–Trinajstić information content (AvgIpc) is 2.67. The van der Waals surface area contributed by atoms with Gasteiger partial charge < -0.3 is 4.90 Å². The van der Waals surface area contributed by atoms with Crippen molar-refractivity contribution in [2.24, 2.45) is 11.8 Å². The highest BCUT2D eigenvalue weighted by molar-refractivity contribution is 7.93. The second-order valence-electron chi connectivity index (χ2n) is 7.92. The van der Waals surface area contributed by atoms with Crippen LogP contribution >= 0.6 is 23.2 Å². The molecule has 30 heavy (non-hydrogen) atoms. The smallest absolute Gasteiger partial charge is 0.265 e. The largest absolute Gasteiger partial charge is 0.338 e. The molecule has 0 spiro atoms. The van der Waals surface area contributed by atoms with Crippen LogP contribution in [-0.2, 0) is 10.0 Å². The lowest BCUT2D eigenvalue weighted by Crippen LogP contribution is -2.42. The SMILES string of the molecule is CCN(c1ccccc1)S(=O)(=O)c1cc(C(=O)N2C[C@H](C)C[C@@H](C)C2)c(Cl)cc1Cl. The highest BCUT2D eigenvalue weighted by atomic mass is 35.5. The van der Waals surface area contributed by atoms with Gasteiger partial charge in [-0.3, -0.25) is 9.10 Å². The standard InChI is InChI=1S/C22H26Cl2N2O3S/c1-4-26(17-8-6-5-7-9-17)30(28,29)21-11-18(19(23)12-20(21)24)22(27)25-13-15(2)10-16(3)14-25/h5-9,11-12,15-16H,4,10,13-14H2,1-3H3/t15-,16-/m1/s1. The summed E-state index contributed by atoms with van der Waals surface area (Å²) in [6.45, 7) is 7.42. The fourth-order valence-electron chi connectivity index (χ4n) is 4.09. The molecule has 1 heterocycles. The average molecular weight is 469 g/mol. The molecule has 8 heteroatoms. The molecule has 0 bridgehead atoms. The number of piperidine rings is 1. The van der Waals surface area contributed by atoms with Gasteiger partial charge in [0.25, 0.3) is 15.9 Å². The Hall–Kier alpha value is -1.76. The molecule has 0 aliphatic carbocycles. The van der Waals surface area contributed by atoms with Gasteiger partial charge in [-0.2, -0.15) is 0 Å². The zero-order valence-electron chi connectivity index (χ0n) is 17.3. The minimum atomic E-state index is -3.99. The number of carbonyl (C=O) groups is 1. The van der Waals surface area contributed by atoms with E-state index in [2.05, 4.69) is 13.8 Å². The number of hydrogen-bond acceptors (Lipinski definition) is 3. The van der Waals surface area contributed by atoms with Crippen LogP contribution in [0.3, 0.4) is 0 Å². The molecule has 1 fully saturated rings. The van der Waals surface area contributed by atoms with Crippen LogP contribution < -0.4 is 4.31 Å². The quantitative estimate of drug-likeness (QED) is 0.595. The van der Waals surface area contributed by atoms with E-state index >= 15 is 0 Å². The van der Waals surface area contributed by atoms with Gasteiger partial charge in [-0.05, 0) is 49.4 Å². The van der Waals surface area contributed by atoms with Gasteiger partial charge in [0.15, 0.2) is 0 Å². The van der Waals surface area contributed by atoms with Crippen LogP contribution in [0.25, 0.3) is 0 Å². The summed E-state index contributed by atoms with van der Waals surface area (Å²) in [6.07, 6.45) is 1.06. The van der Waals surface area contributed by atoms with Gasteiger partial charge in [0.2, 0.25) is 0 Å². The normalized spacial score (nSPS) is 19.6. The Morgan fingerprint density at radius 1 is 1.07 bits per heavy atom. The summed E-state index contributed by atoms with van der Waals surface area (Å²) >= 11 is 12.6. The van der Waals surface area contributed by atoms with Gasteiger partial charge in [-0.15, -0.1) is 0 Å². The summed E-state index contributed by atoms with van der Waals surface area (Å²) in [5.41, 5.74) is 0.683. The van der Waals surface area contributed by atoms with E-state index < -0.39 is 10.0 Å². The number of carbonyl (C=O) groups excluding carboxylic acids is 1. The Kier molecular flexibility index (Phi) is 7.00. The van der Waals surface area contributed by atoms with Crippen LogP contribution in [0.4, 0.5) is 5.69 Å². The summed E-state index contributed by atoms with van der Waals surface area (Å²) in [6, 6.07) is 11.4. The van der Waals surface area contributed by atoms with Gasteiger partial charge in [-0.1, -0.05) is 55.2 Å². The van der Waals surface area contributed by atoms with Crippen molar-refractivity contribution in [2.45, 2.75) is 32.1 Å². The Morgan fingerprint density at radius 3 is 2.23 bits per heavy atom. The third-order valence-electron chi connectivity index (χ3n) is 5.31. The summed E-state index contributed by atoms with van der Waals surface area (Å²) < 4.78 is 28.1. The number of rotatable bonds is 5. The van der Waals surface area contributed by atoms with Crippen LogP contribution in [0.1, 0.15) is 37.6 Å². The highest BCUT2D eigenvalue weighted by Crippen LogP contribution is 2.34. The van der Waals surface area contributed by atoms with Crippen LogP contribution in [0.2, 0.25) is 10.0 Å². The molecule has 162 valence electrons. The number of likely N-dealkylation sites (tertiary alicyclic amines) is 1. The Balaban J connectivity index is 2.03. The molecule has 2 atom stereocenters. The summed E-state index contributed by atoms with van der Waals surface area (Å²) in [5, 5.41) is 0.143. The van der Waals surface area contributed by atoms with E-state index in [4.69, 9.17) is 23.2 Å². The number of nitrogens with zero attached hydrogens (tertiary/aromatic N) is 2. The monoisotopic (exact) mass is 468 g/mol. The first-order chi connectivity index (χ1) is 14.1. The predicted octanol–water partition coefficient (Wildman–Crippen LogP) is 5.33. The number of anilines is 1. The maximum atomic E-state index is 13.4. The van der Waals surface area contributed by atoms with E-state index in [1.807, 2.05) is 6.07 Å². The fourth-order valence-corrected chi connectivity index (χ4v) is 6.40. The van der Waals surface area contributed by atoms with E-state index in [0.717, 1.165) is 6.42 Å². The minimum Gasteiger partial charge on any atom is -0.338 e. The molecule has 0 N–H and O–H groups in total. The summed E-state index contributed by atoms with van der Waals surface area (Å²) in [4.78, 5) is 14.8. The van der Waals surface area contributed by atoms with E-state index in [1.165, 1.54) is 16.4 Å². The first-order valence-electron chi connectivity index (χ1n) is 10.0. The van der Waals surface area contributed by atoms with Crippen molar-refractivity contribution in [3.05, 3.63) is 58.1 Å². The van der Waals surface area contributed by atoms with Crippen LogP contribution in [-0.4, -0.2) is 38.9 Å². The molecule has 1 aliphatic heterocycles. The lowest BCUT2D eigenvalue weighted by molar-refractivity contribution is 0.0623. The molecule has 2 aromatic carbocycles. The van der Waals surface area contributed by atoms with Crippen molar-refractivity contribution < 1.29 is 13.2 Å². The molecule has 5 nitrogen and oxygen atoms in total. The number of halogens is 2. The van der Waals surface area contributed by atoms with Gasteiger partial charge in [0.1, 0.15) is 4.90 Å². The van der Waals surface area contributed by atoms with Crippen molar-refractivity contribution in [1.29, 1.82) is 0 Å². The lowest BCUT2D eigenvalue weighted by Gasteiger charge is -2.35. The molecule has 1 amide bonds. The van der Waals surface area contributed by atoms with Crippen LogP contribution in [0.15, 0.2) is 47.4 Å². The third-order valence-corrected chi connectivity index (χ3v) is 7.99. The maximum absolute atomic E-state index is 13.4. The van der Waals surface area contributed by atoms with Crippen molar-refractivity contribution in [1.82, 2.24) is 4.90 Å². The topological polar surface area (TPSA) is 57.7 Å². The molecular weight excluding hydrogens is 443 g/mol. The van der Waals surface area contributed by atoms with Gasteiger partial charge >= 0.3 is 0 Å². The van der Waals surface area contributed by atoms with E-state index in [1.54, 1.807) is 36.1 Å². The number of para-hydroxylation sites is 1. The minimum absolute atomic E-state index is 0.00805. The second kappa shape index (κ2) is 9.16. The van der Waals surface area contributed by atoms with Crippen LogP contribution in [0, 0.1) is 11.8 Å². The maximum Gasteiger partial charge on any atom is 0.265 e. The number of hydrogen-bond donors (Lipinski definition) is 0. The first-order valence-corrected chi connectivity index (χ1v) is 12.2. The molecule has 2 aromatic rings. The molecular formula is C22H26Cl2N2O3S. The number of sulfonamides is 1. The zero-order chi connectivity index (χ0) is 22.1. The number of amides is 1. The molecule has 0 radical (unpaired) electrons. The molecule has 1 saturated heterocycles. The molecule has 1 aliphatic rings. The summed E-state index contributed by atoms with van der Waals surface area (Å²) in [7, 11) is -3.99. The van der Waals surface area contributed by atoms with Crippen LogP contribution in [0.5, 0.6) is 0 Å². The Labute approximate surface area is 188 Å². The van der Waals surface area contributed by atoms with E-state index in [9.17, 15) is 13.2 Å². The highest BCUT2D eigenvalue weighted by Gasteiger charge is 2.31. The van der Waals surface area contributed by atoms with Gasteiger partial charge in [0.05, 0.1) is 21.3 Å². The number of benzene rings is 2.